The Bertz CT molecular complexity index is 993. The second-order valence-corrected chi connectivity index (χ2v) is 8.44. The summed E-state index contributed by atoms with van der Waals surface area (Å²) < 4.78 is 6.82. The van der Waals surface area contributed by atoms with Crippen molar-refractivity contribution in [2.24, 2.45) is 0 Å². The van der Waals surface area contributed by atoms with Crippen LogP contribution in [0.3, 0.4) is 0 Å². The van der Waals surface area contributed by atoms with Crippen molar-refractivity contribution in [1.82, 2.24) is 0 Å². The monoisotopic (exact) mass is 525 g/mol. The Morgan fingerprint density at radius 3 is 2.56 bits per heavy atom. The van der Waals surface area contributed by atoms with Gasteiger partial charge in [0.2, 0.25) is 0 Å². The number of hydrogen-bond donors (Lipinski definition) is 0. The van der Waals surface area contributed by atoms with E-state index in [1.807, 2.05) is 0 Å². The predicted octanol–water partition coefficient (Wildman–Crippen LogP) is 6.12. The molecule has 1 aliphatic rings. The van der Waals surface area contributed by atoms with E-state index in [0.29, 0.717) is 30.3 Å². The van der Waals surface area contributed by atoms with Crippen LogP contribution in [0.2, 0.25) is 5.02 Å². The SMILES string of the molecule is C#CCOc1c(Br)cc(/C=C2/SC(=O)N(c3cccc(Cl)c3)C2=O)cc1Br. The Balaban J connectivity index is 1.91. The predicted molar refractivity (Wildman–Crippen MR) is 116 cm³/mol. The molecule has 0 atom stereocenters. The van der Waals surface area contributed by atoms with Crippen molar-refractivity contribution < 1.29 is 14.3 Å². The molecule has 0 aromatic heterocycles. The summed E-state index contributed by atoms with van der Waals surface area (Å²) in [4.78, 5) is 26.5. The highest BCUT2D eigenvalue weighted by Gasteiger charge is 2.36. The van der Waals surface area contributed by atoms with E-state index in [-0.39, 0.29) is 11.8 Å². The molecule has 4 nitrogen and oxygen atoms in total. The summed E-state index contributed by atoms with van der Waals surface area (Å²) in [7, 11) is 0. The highest BCUT2D eigenvalue weighted by Crippen LogP contribution is 2.39. The summed E-state index contributed by atoms with van der Waals surface area (Å²) in [5.41, 5.74) is 1.16. The number of ether oxygens (including phenoxy) is 1. The molecular weight excluding hydrogens is 518 g/mol. The van der Waals surface area contributed by atoms with Gasteiger partial charge in [0.25, 0.3) is 11.1 Å². The second-order valence-electron chi connectivity index (χ2n) is 5.30. The summed E-state index contributed by atoms with van der Waals surface area (Å²) in [6.07, 6.45) is 6.86. The highest BCUT2D eigenvalue weighted by molar-refractivity contribution is 9.11. The number of benzene rings is 2. The summed E-state index contributed by atoms with van der Waals surface area (Å²) >= 11 is 13.7. The number of nitrogens with zero attached hydrogens (tertiary/aromatic N) is 1. The number of terminal acetylenes is 1. The van der Waals surface area contributed by atoms with Crippen LogP contribution in [0, 0.1) is 12.3 Å². The standard InChI is InChI=1S/C19H10Br2ClNO3S/c1-2-6-26-17-14(20)7-11(8-15(17)21)9-16-18(24)23(19(25)27-16)13-5-3-4-12(22)10-13/h1,3-5,7-10H,6H2/b16-9+. The zero-order chi connectivity index (χ0) is 19.6. The third-order valence-corrected chi connectivity index (χ3v) is 5.76. The van der Waals surface area contributed by atoms with Crippen LogP contribution >= 0.6 is 55.2 Å². The lowest BCUT2D eigenvalue weighted by Crippen LogP contribution is -2.27. The van der Waals surface area contributed by atoms with Crippen LogP contribution in [0.15, 0.2) is 50.2 Å². The average molecular weight is 528 g/mol. The van der Waals surface area contributed by atoms with Crippen LogP contribution in [0.4, 0.5) is 10.5 Å². The number of rotatable bonds is 4. The van der Waals surface area contributed by atoms with Gasteiger partial charge in [0.15, 0.2) is 0 Å². The van der Waals surface area contributed by atoms with Gasteiger partial charge < -0.3 is 4.74 Å². The molecular formula is C19H10Br2ClNO3S. The number of hydrogen-bond acceptors (Lipinski definition) is 4. The molecule has 0 N–H and O–H groups in total. The van der Waals surface area contributed by atoms with Crippen molar-refractivity contribution in [2.45, 2.75) is 0 Å². The quantitative estimate of drug-likeness (QED) is 0.355. The number of halogens is 3. The molecule has 0 radical (unpaired) electrons. The molecule has 1 saturated heterocycles. The van der Waals surface area contributed by atoms with Gasteiger partial charge in [-0.15, -0.1) is 6.42 Å². The van der Waals surface area contributed by atoms with Crippen LogP contribution < -0.4 is 9.64 Å². The van der Waals surface area contributed by atoms with Crippen molar-refractivity contribution in [3.63, 3.8) is 0 Å². The first kappa shape index (κ1) is 20.0. The van der Waals surface area contributed by atoms with Crippen molar-refractivity contribution in [3.05, 3.63) is 60.8 Å². The molecule has 0 aliphatic carbocycles. The molecule has 0 bridgehead atoms. The minimum absolute atomic E-state index is 0.134. The van der Waals surface area contributed by atoms with Crippen LogP contribution in [0.5, 0.6) is 5.75 Å². The fraction of sp³-hybridized carbons (Fsp3) is 0.0526. The number of amides is 2. The minimum atomic E-state index is -0.396. The number of carbonyl (C=O) groups excluding carboxylic acids is 2. The van der Waals surface area contributed by atoms with E-state index in [0.717, 1.165) is 22.2 Å². The summed E-state index contributed by atoms with van der Waals surface area (Å²) in [5.74, 6) is 2.57. The van der Waals surface area contributed by atoms with Crippen molar-refractivity contribution in [3.8, 4) is 18.1 Å². The molecule has 2 aromatic carbocycles. The Labute approximate surface area is 182 Å². The smallest absolute Gasteiger partial charge is 0.298 e. The van der Waals surface area contributed by atoms with Gasteiger partial charge in [-0.25, -0.2) is 4.90 Å². The van der Waals surface area contributed by atoms with Crippen LogP contribution in [-0.4, -0.2) is 17.8 Å². The van der Waals surface area contributed by atoms with E-state index >= 15 is 0 Å². The summed E-state index contributed by atoms with van der Waals surface area (Å²) in [5, 5.41) is 0.0755. The molecule has 8 heteroatoms. The highest BCUT2D eigenvalue weighted by atomic mass is 79.9. The Morgan fingerprint density at radius 2 is 1.93 bits per heavy atom. The Morgan fingerprint density at radius 1 is 1.22 bits per heavy atom. The van der Waals surface area contributed by atoms with Gasteiger partial charge in [0.1, 0.15) is 12.4 Å². The van der Waals surface area contributed by atoms with Gasteiger partial charge in [0, 0.05) is 5.02 Å². The first-order valence-corrected chi connectivity index (χ1v) is 10.3. The van der Waals surface area contributed by atoms with E-state index in [1.165, 1.54) is 0 Å². The third kappa shape index (κ3) is 4.41. The maximum Gasteiger partial charge on any atom is 0.298 e. The number of imide groups is 1. The first-order chi connectivity index (χ1) is 12.9. The molecule has 3 rings (SSSR count). The molecule has 1 fully saturated rings. The number of carbonyl (C=O) groups is 2. The number of thioether (sulfide) groups is 1. The largest absolute Gasteiger partial charge is 0.479 e. The molecule has 136 valence electrons. The van der Waals surface area contributed by atoms with Crippen LogP contribution in [0.1, 0.15) is 5.56 Å². The van der Waals surface area contributed by atoms with Crippen LogP contribution in [0.25, 0.3) is 6.08 Å². The normalized spacial score (nSPS) is 15.3. The van der Waals surface area contributed by atoms with Crippen LogP contribution in [-0.2, 0) is 4.79 Å². The van der Waals surface area contributed by atoms with E-state index < -0.39 is 5.91 Å². The molecule has 0 spiro atoms. The van der Waals surface area contributed by atoms with E-state index in [4.69, 9.17) is 22.8 Å². The van der Waals surface area contributed by atoms with E-state index in [1.54, 1.807) is 42.5 Å². The van der Waals surface area contributed by atoms with Gasteiger partial charge in [-0.3, -0.25) is 9.59 Å². The van der Waals surface area contributed by atoms with Gasteiger partial charge in [-0.1, -0.05) is 23.6 Å². The van der Waals surface area contributed by atoms with Crippen molar-refractivity contribution >= 4 is 78.1 Å². The Hall–Kier alpha value is -1.72. The Kier molecular flexibility index (Phi) is 6.33. The minimum Gasteiger partial charge on any atom is -0.479 e. The van der Waals surface area contributed by atoms with Gasteiger partial charge in [0.05, 0.1) is 19.5 Å². The van der Waals surface area contributed by atoms with Gasteiger partial charge >= 0.3 is 0 Å². The van der Waals surface area contributed by atoms with Gasteiger partial charge in [-0.05, 0) is 85.6 Å². The van der Waals surface area contributed by atoms with Crippen molar-refractivity contribution in [1.29, 1.82) is 0 Å². The molecule has 27 heavy (non-hydrogen) atoms. The maximum absolute atomic E-state index is 12.7. The fourth-order valence-corrected chi connectivity index (χ4v) is 4.85. The lowest BCUT2D eigenvalue weighted by molar-refractivity contribution is -0.113. The molecule has 0 unspecified atom stereocenters. The van der Waals surface area contributed by atoms with Gasteiger partial charge in [-0.2, -0.15) is 0 Å². The first-order valence-electron chi connectivity index (χ1n) is 7.49. The molecule has 1 aliphatic heterocycles. The summed E-state index contributed by atoms with van der Waals surface area (Å²) in [6, 6.07) is 10.2. The fourth-order valence-electron chi connectivity index (χ4n) is 2.37. The van der Waals surface area contributed by atoms with Crippen molar-refractivity contribution in [2.75, 3.05) is 11.5 Å². The average Bonchev–Trinajstić information content (AvgIpc) is 2.88. The van der Waals surface area contributed by atoms with E-state index in [2.05, 4.69) is 37.8 Å². The maximum atomic E-state index is 12.7. The molecule has 0 saturated carbocycles. The molecule has 2 amide bonds. The second kappa shape index (κ2) is 8.53. The lowest BCUT2D eigenvalue weighted by Gasteiger charge is -2.12. The zero-order valence-corrected chi connectivity index (χ0v) is 18.3. The topological polar surface area (TPSA) is 46.6 Å². The lowest BCUT2D eigenvalue weighted by atomic mass is 10.2. The zero-order valence-electron chi connectivity index (χ0n) is 13.5. The molecule has 2 aromatic rings. The van der Waals surface area contributed by atoms with E-state index in [9.17, 15) is 9.59 Å². The summed E-state index contributed by atoms with van der Waals surface area (Å²) in [6.45, 7) is 0.134. The molecule has 1 heterocycles. The third-order valence-electron chi connectivity index (χ3n) is 3.48. The number of anilines is 1.